The molecule has 8 nitrogen and oxygen atoms in total. The van der Waals surface area contributed by atoms with Gasteiger partial charge in [0.2, 0.25) is 0 Å². The molecule has 0 aliphatic rings. The van der Waals surface area contributed by atoms with Crippen molar-refractivity contribution >= 4 is 28.2 Å². The first-order valence-corrected chi connectivity index (χ1v) is 11.4. The Bertz CT molecular complexity index is 1610. The maximum absolute atomic E-state index is 12.4. The summed E-state index contributed by atoms with van der Waals surface area (Å²) in [5, 5.41) is 5.73. The van der Waals surface area contributed by atoms with Crippen LogP contribution >= 0.6 is 11.6 Å². The van der Waals surface area contributed by atoms with Crippen molar-refractivity contribution in [1.82, 2.24) is 24.3 Å². The molecule has 4 aromatic heterocycles. The first-order valence-electron chi connectivity index (χ1n) is 11.0. The van der Waals surface area contributed by atoms with Crippen LogP contribution in [0.2, 0.25) is 5.02 Å². The van der Waals surface area contributed by atoms with E-state index >= 15 is 0 Å². The highest BCUT2D eigenvalue weighted by Crippen LogP contribution is 2.33. The van der Waals surface area contributed by atoms with Gasteiger partial charge in [0.1, 0.15) is 17.9 Å². The second-order valence-corrected chi connectivity index (χ2v) is 8.66. The minimum atomic E-state index is -0.268. The summed E-state index contributed by atoms with van der Waals surface area (Å²) in [7, 11) is 1.91. The van der Waals surface area contributed by atoms with E-state index in [0.717, 1.165) is 39.0 Å². The number of pyridine rings is 3. The molecule has 0 saturated carbocycles. The fourth-order valence-corrected chi connectivity index (χ4v) is 4.36. The van der Waals surface area contributed by atoms with Crippen LogP contribution in [0.15, 0.2) is 72.0 Å². The number of benzene rings is 1. The van der Waals surface area contributed by atoms with Gasteiger partial charge < -0.3 is 15.0 Å². The molecule has 0 fully saturated rings. The number of ether oxygens (including phenoxy) is 1. The summed E-state index contributed by atoms with van der Waals surface area (Å²) in [5.41, 5.74) is 10.9. The maximum atomic E-state index is 12.4. The van der Waals surface area contributed by atoms with Crippen LogP contribution < -0.4 is 16.0 Å². The Kier molecular flexibility index (Phi) is 5.96. The van der Waals surface area contributed by atoms with Crippen molar-refractivity contribution in [2.24, 2.45) is 7.05 Å². The van der Waals surface area contributed by atoms with Gasteiger partial charge in [0.05, 0.1) is 22.9 Å². The number of hydrogen-bond acceptors (Lipinski definition) is 6. The van der Waals surface area contributed by atoms with Crippen molar-refractivity contribution in [2.45, 2.75) is 20.1 Å². The first-order chi connectivity index (χ1) is 16.9. The lowest BCUT2D eigenvalue weighted by Crippen LogP contribution is -2.23. The third-order valence-electron chi connectivity index (χ3n) is 5.88. The summed E-state index contributed by atoms with van der Waals surface area (Å²) in [4.78, 5) is 21.4. The molecule has 35 heavy (non-hydrogen) atoms. The molecule has 1 aromatic carbocycles. The molecule has 0 aliphatic carbocycles. The van der Waals surface area contributed by atoms with Gasteiger partial charge in [-0.2, -0.15) is 5.10 Å². The van der Waals surface area contributed by atoms with Crippen LogP contribution in [0.5, 0.6) is 5.75 Å². The number of para-hydroxylation sites is 1. The summed E-state index contributed by atoms with van der Waals surface area (Å²) in [6.45, 7) is 2.41. The van der Waals surface area contributed by atoms with E-state index in [1.54, 1.807) is 36.9 Å². The van der Waals surface area contributed by atoms with Gasteiger partial charge in [0.25, 0.3) is 5.56 Å². The van der Waals surface area contributed by atoms with E-state index in [4.69, 9.17) is 27.1 Å². The Morgan fingerprint density at radius 2 is 2.00 bits per heavy atom. The number of hydrogen-bond donors (Lipinski definition) is 1. The second-order valence-electron chi connectivity index (χ2n) is 8.25. The molecule has 5 rings (SSSR count). The molecule has 0 bridgehead atoms. The number of nitrogen functional groups attached to an aromatic ring is 1. The third-order valence-corrected chi connectivity index (χ3v) is 6.21. The minimum Gasteiger partial charge on any atom is -0.487 e. The zero-order chi connectivity index (χ0) is 24.5. The molecule has 0 saturated heterocycles. The number of aromatic nitrogens is 5. The zero-order valence-corrected chi connectivity index (χ0v) is 20.0. The number of nitrogens with zero attached hydrogens (tertiary/aromatic N) is 5. The number of aryl methyl sites for hydroxylation is 2. The molecule has 0 amide bonds. The molecule has 5 aromatic rings. The summed E-state index contributed by atoms with van der Waals surface area (Å²) in [6.07, 6.45) is 6.71. The number of halogens is 1. The van der Waals surface area contributed by atoms with E-state index in [9.17, 15) is 4.79 Å². The third kappa shape index (κ3) is 4.36. The normalized spacial score (nSPS) is 11.2. The van der Waals surface area contributed by atoms with E-state index in [1.165, 1.54) is 4.57 Å². The van der Waals surface area contributed by atoms with Crippen LogP contribution in [0.4, 0.5) is 5.69 Å². The van der Waals surface area contributed by atoms with Gasteiger partial charge in [-0.05, 0) is 42.8 Å². The maximum Gasteiger partial charge on any atom is 0.273 e. The Morgan fingerprint density at radius 3 is 2.80 bits per heavy atom. The lowest BCUT2D eigenvalue weighted by molar-refractivity contribution is 0.308. The van der Waals surface area contributed by atoms with Gasteiger partial charge in [-0.15, -0.1) is 0 Å². The number of rotatable bonds is 6. The highest BCUT2D eigenvalue weighted by atomic mass is 35.5. The lowest BCUT2D eigenvalue weighted by atomic mass is 10.0. The van der Waals surface area contributed by atoms with Gasteiger partial charge in [-0.1, -0.05) is 23.7 Å². The number of nitrogens with two attached hydrogens (primary N) is 1. The average molecular weight is 487 g/mol. The lowest BCUT2D eigenvalue weighted by Gasteiger charge is -2.16. The molecule has 2 N–H and O–H groups in total. The largest absolute Gasteiger partial charge is 0.487 e. The van der Waals surface area contributed by atoms with Crippen molar-refractivity contribution < 1.29 is 4.74 Å². The Balaban J connectivity index is 1.51. The zero-order valence-electron chi connectivity index (χ0n) is 19.3. The quantitative estimate of drug-likeness (QED) is 0.382. The highest BCUT2D eigenvalue weighted by molar-refractivity contribution is 6.31. The van der Waals surface area contributed by atoms with Crippen molar-refractivity contribution in [1.29, 1.82) is 0 Å². The molecule has 0 unspecified atom stereocenters. The van der Waals surface area contributed by atoms with Crippen LogP contribution in [0.25, 0.3) is 22.2 Å². The summed E-state index contributed by atoms with van der Waals surface area (Å²) in [6, 6.07) is 13.2. The SMILES string of the molecule is Cc1cc(-c2ccnn2C)c2cccc(OCc3c(Cl)cncc3Cn3cccc(N)c3=O)c2n1. The summed E-state index contributed by atoms with van der Waals surface area (Å²) >= 11 is 6.51. The predicted octanol–water partition coefficient (Wildman–Crippen LogP) is 4.36. The predicted molar refractivity (Wildman–Crippen MR) is 136 cm³/mol. The Morgan fingerprint density at radius 1 is 1.14 bits per heavy atom. The van der Waals surface area contributed by atoms with E-state index in [2.05, 4.69) is 10.1 Å². The summed E-state index contributed by atoms with van der Waals surface area (Å²) < 4.78 is 9.63. The van der Waals surface area contributed by atoms with Gasteiger partial charge in [-0.25, -0.2) is 4.98 Å². The molecule has 176 valence electrons. The standard InChI is InChI=1S/C26H23ClN6O2/c1-16-11-19(23-8-9-30-32(23)2)18-5-3-7-24(25(18)31-16)35-15-20-17(12-29-13-21(20)27)14-33-10-4-6-22(28)26(33)34/h3-13H,14-15,28H2,1-2H3. The van der Waals surface area contributed by atoms with Gasteiger partial charge in [0.15, 0.2) is 0 Å². The Hall–Kier alpha value is -4.17. The smallest absolute Gasteiger partial charge is 0.273 e. The van der Waals surface area contributed by atoms with Gasteiger partial charge >= 0.3 is 0 Å². The Labute approximate surface area is 206 Å². The van der Waals surface area contributed by atoms with Gasteiger partial charge in [-0.3, -0.25) is 14.5 Å². The average Bonchev–Trinajstić information content (AvgIpc) is 3.27. The minimum absolute atomic E-state index is 0.182. The molecule has 9 heteroatoms. The first kappa shape index (κ1) is 22.6. The highest BCUT2D eigenvalue weighted by Gasteiger charge is 2.15. The number of anilines is 1. The monoisotopic (exact) mass is 486 g/mol. The second kappa shape index (κ2) is 9.23. The van der Waals surface area contributed by atoms with Crippen LogP contribution in [-0.4, -0.2) is 24.3 Å². The van der Waals surface area contributed by atoms with Crippen LogP contribution in [0.1, 0.15) is 16.8 Å². The van der Waals surface area contributed by atoms with Crippen molar-refractivity contribution in [3.05, 3.63) is 99.4 Å². The van der Waals surface area contributed by atoms with Crippen LogP contribution in [0, 0.1) is 6.92 Å². The molecule has 0 spiro atoms. The van der Waals surface area contributed by atoms with E-state index < -0.39 is 0 Å². The van der Waals surface area contributed by atoms with E-state index in [-0.39, 0.29) is 24.4 Å². The van der Waals surface area contributed by atoms with Crippen molar-refractivity contribution in [3.63, 3.8) is 0 Å². The van der Waals surface area contributed by atoms with Crippen molar-refractivity contribution in [2.75, 3.05) is 5.73 Å². The van der Waals surface area contributed by atoms with E-state index in [1.807, 2.05) is 49.0 Å². The molecular weight excluding hydrogens is 464 g/mol. The molecule has 0 aliphatic heterocycles. The van der Waals surface area contributed by atoms with Crippen LogP contribution in [-0.2, 0) is 20.2 Å². The molecule has 4 heterocycles. The van der Waals surface area contributed by atoms with Crippen molar-refractivity contribution in [3.8, 4) is 17.0 Å². The topological polar surface area (TPSA) is 101 Å². The fraction of sp³-hybridized carbons (Fsp3) is 0.154. The molecule has 0 radical (unpaired) electrons. The molecule has 0 atom stereocenters. The fourth-order valence-electron chi connectivity index (χ4n) is 4.13. The van der Waals surface area contributed by atoms with Gasteiger partial charge in [0, 0.05) is 54.0 Å². The number of fused-ring (bicyclic) bond motifs is 1. The molecular formula is C26H23ClN6O2. The van der Waals surface area contributed by atoms with Crippen LogP contribution in [0.3, 0.4) is 0 Å². The summed E-state index contributed by atoms with van der Waals surface area (Å²) in [5.74, 6) is 0.634. The van der Waals surface area contributed by atoms with E-state index in [0.29, 0.717) is 10.8 Å².